The molecule has 3 rings (SSSR count). The molecule has 0 saturated carbocycles. The molecule has 0 atom stereocenters. The molecular formula is C16H10O3. The summed E-state index contributed by atoms with van der Waals surface area (Å²) in [5.41, 5.74) is 2.29. The van der Waals surface area contributed by atoms with Gasteiger partial charge in [-0.25, -0.2) is 9.59 Å². The monoisotopic (exact) mass is 250 g/mol. The highest BCUT2D eigenvalue weighted by atomic mass is 16.6. The molecule has 0 saturated heterocycles. The fraction of sp³-hybridized carbons (Fsp3) is 0.125. The molecular weight excluding hydrogens is 240 g/mol. The number of rotatable bonds is 0. The maximum atomic E-state index is 11.4. The molecule has 0 bridgehead atoms. The Bertz CT molecular complexity index is 696. The average Bonchev–Trinajstić information content (AvgIpc) is 2.73. The zero-order valence-electron chi connectivity index (χ0n) is 10.1. The van der Waals surface area contributed by atoms with Crippen molar-refractivity contribution in [1.29, 1.82) is 0 Å². The first-order chi connectivity index (χ1) is 9.24. The van der Waals surface area contributed by atoms with Gasteiger partial charge in [0.15, 0.2) is 0 Å². The summed E-state index contributed by atoms with van der Waals surface area (Å²) in [6.45, 7) is 0. The van der Waals surface area contributed by atoms with Crippen LogP contribution in [0.15, 0.2) is 42.0 Å². The van der Waals surface area contributed by atoms with Crippen molar-refractivity contribution in [2.24, 2.45) is 0 Å². The SMILES string of the molecule is O=C1OC(=O)c2cc(C#CC3=CCCC=C3)ccc21. The van der Waals surface area contributed by atoms with Crippen molar-refractivity contribution < 1.29 is 14.3 Å². The second kappa shape index (κ2) is 4.58. The minimum absolute atomic E-state index is 0.296. The van der Waals surface area contributed by atoms with Gasteiger partial charge in [0.25, 0.3) is 0 Å². The van der Waals surface area contributed by atoms with Gasteiger partial charge in [-0.2, -0.15) is 0 Å². The molecule has 1 heterocycles. The number of hydrogen-bond acceptors (Lipinski definition) is 3. The lowest BCUT2D eigenvalue weighted by Gasteiger charge is -1.98. The molecule has 1 aliphatic heterocycles. The van der Waals surface area contributed by atoms with Gasteiger partial charge in [0.05, 0.1) is 11.1 Å². The molecule has 3 nitrogen and oxygen atoms in total. The van der Waals surface area contributed by atoms with E-state index in [1.165, 1.54) is 0 Å². The highest BCUT2D eigenvalue weighted by molar-refractivity contribution is 6.14. The van der Waals surface area contributed by atoms with E-state index in [0.717, 1.165) is 18.4 Å². The maximum absolute atomic E-state index is 11.4. The number of carbonyl (C=O) groups is 2. The van der Waals surface area contributed by atoms with Crippen molar-refractivity contribution in [3.05, 3.63) is 58.7 Å². The smallest absolute Gasteiger partial charge is 0.346 e. The predicted molar refractivity (Wildman–Crippen MR) is 69.5 cm³/mol. The van der Waals surface area contributed by atoms with Crippen LogP contribution in [0.1, 0.15) is 39.1 Å². The first-order valence-corrected chi connectivity index (χ1v) is 6.03. The molecule has 0 N–H and O–H groups in total. The molecule has 0 radical (unpaired) electrons. The van der Waals surface area contributed by atoms with Gasteiger partial charge in [0, 0.05) is 11.1 Å². The van der Waals surface area contributed by atoms with Gasteiger partial charge in [-0.15, -0.1) is 0 Å². The summed E-state index contributed by atoms with van der Waals surface area (Å²) in [7, 11) is 0. The molecule has 0 unspecified atom stereocenters. The lowest BCUT2D eigenvalue weighted by molar-refractivity contribution is 0.0444. The van der Waals surface area contributed by atoms with E-state index in [1.807, 2.05) is 6.08 Å². The molecule has 19 heavy (non-hydrogen) atoms. The number of hydrogen-bond donors (Lipinski definition) is 0. The number of ether oxygens (including phenoxy) is 1. The van der Waals surface area contributed by atoms with Crippen LogP contribution in [0.25, 0.3) is 0 Å². The lowest BCUT2D eigenvalue weighted by Crippen LogP contribution is -1.96. The summed E-state index contributed by atoms with van der Waals surface area (Å²) in [4.78, 5) is 22.7. The zero-order chi connectivity index (χ0) is 13.2. The van der Waals surface area contributed by atoms with Crippen LogP contribution in [0.2, 0.25) is 0 Å². The standard InChI is InChI=1S/C16H10O3/c17-15-13-9-8-12(10-14(13)16(18)19-15)7-6-11-4-2-1-3-5-11/h2,4-5,8-10H,1,3H2. The Kier molecular flexibility index (Phi) is 2.77. The molecule has 1 aliphatic carbocycles. The fourth-order valence-electron chi connectivity index (χ4n) is 2.01. The van der Waals surface area contributed by atoms with E-state index in [9.17, 15) is 9.59 Å². The predicted octanol–water partition coefficient (Wildman–Crippen LogP) is 2.63. The van der Waals surface area contributed by atoms with Gasteiger partial charge < -0.3 is 4.74 Å². The van der Waals surface area contributed by atoms with E-state index >= 15 is 0 Å². The first kappa shape index (κ1) is 11.5. The first-order valence-electron chi connectivity index (χ1n) is 6.03. The molecule has 2 aliphatic rings. The lowest BCUT2D eigenvalue weighted by atomic mass is 10.0. The number of fused-ring (bicyclic) bond motifs is 1. The van der Waals surface area contributed by atoms with Gasteiger partial charge in [-0.3, -0.25) is 0 Å². The largest absolute Gasteiger partial charge is 0.386 e. The second-order valence-electron chi connectivity index (χ2n) is 4.33. The van der Waals surface area contributed by atoms with Crippen molar-refractivity contribution in [3.63, 3.8) is 0 Å². The van der Waals surface area contributed by atoms with E-state index in [2.05, 4.69) is 28.7 Å². The van der Waals surface area contributed by atoms with Crippen LogP contribution in [0, 0.1) is 11.8 Å². The Morgan fingerprint density at radius 2 is 1.84 bits per heavy atom. The van der Waals surface area contributed by atoms with Crippen molar-refractivity contribution in [1.82, 2.24) is 0 Å². The van der Waals surface area contributed by atoms with Crippen LogP contribution < -0.4 is 0 Å². The zero-order valence-corrected chi connectivity index (χ0v) is 10.1. The molecule has 0 fully saturated rings. The van der Waals surface area contributed by atoms with Crippen molar-refractivity contribution in [3.8, 4) is 11.8 Å². The molecule has 0 amide bonds. The van der Waals surface area contributed by atoms with E-state index in [0.29, 0.717) is 16.7 Å². The molecule has 3 heteroatoms. The summed E-state index contributed by atoms with van der Waals surface area (Å²) in [5, 5.41) is 0. The van der Waals surface area contributed by atoms with Crippen LogP contribution in [0.5, 0.6) is 0 Å². The maximum Gasteiger partial charge on any atom is 0.346 e. The third kappa shape index (κ3) is 2.21. The minimum atomic E-state index is -0.597. The van der Waals surface area contributed by atoms with E-state index in [-0.39, 0.29) is 0 Å². The highest BCUT2D eigenvalue weighted by Gasteiger charge is 2.29. The summed E-state index contributed by atoms with van der Waals surface area (Å²) < 4.78 is 4.53. The topological polar surface area (TPSA) is 43.4 Å². The van der Waals surface area contributed by atoms with E-state index in [4.69, 9.17) is 0 Å². The van der Waals surface area contributed by atoms with Crippen LogP contribution in [0.4, 0.5) is 0 Å². The van der Waals surface area contributed by atoms with Crippen molar-refractivity contribution >= 4 is 11.9 Å². The summed E-state index contributed by atoms with van der Waals surface area (Å²) in [5.74, 6) is 4.85. The summed E-state index contributed by atoms with van der Waals surface area (Å²) in [6.07, 6.45) is 8.21. The molecule has 1 aromatic carbocycles. The number of benzene rings is 1. The van der Waals surface area contributed by atoms with Crippen LogP contribution in [-0.2, 0) is 4.74 Å². The Balaban J connectivity index is 1.92. The van der Waals surface area contributed by atoms with Gasteiger partial charge in [0.2, 0.25) is 0 Å². The number of cyclic esters (lactones) is 2. The summed E-state index contributed by atoms with van der Waals surface area (Å²) >= 11 is 0. The van der Waals surface area contributed by atoms with E-state index in [1.54, 1.807) is 18.2 Å². The van der Waals surface area contributed by atoms with Crippen molar-refractivity contribution in [2.75, 3.05) is 0 Å². The minimum Gasteiger partial charge on any atom is -0.386 e. The molecule has 0 aromatic heterocycles. The number of esters is 2. The van der Waals surface area contributed by atoms with Crippen LogP contribution in [0.3, 0.4) is 0 Å². The number of carbonyl (C=O) groups excluding carboxylic acids is 2. The Hall–Kier alpha value is -2.60. The van der Waals surface area contributed by atoms with Crippen molar-refractivity contribution in [2.45, 2.75) is 12.8 Å². The highest BCUT2D eigenvalue weighted by Crippen LogP contribution is 2.20. The fourth-order valence-corrected chi connectivity index (χ4v) is 2.01. The Labute approximate surface area is 110 Å². The Morgan fingerprint density at radius 1 is 1.00 bits per heavy atom. The Morgan fingerprint density at radius 3 is 2.63 bits per heavy atom. The van der Waals surface area contributed by atoms with Gasteiger partial charge in [0.1, 0.15) is 0 Å². The second-order valence-corrected chi connectivity index (χ2v) is 4.33. The molecule has 0 spiro atoms. The normalized spacial score (nSPS) is 16.3. The third-order valence-corrected chi connectivity index (χ3v) is 2.99. The third-order valence-electron chi connectivity index (χ3n) is 2.99. The number of allylic oxidation sites excluding steroid dienone is 4. The van der Waals surface area contributed by atoms with Gasteiger partial charge in [-0.05, 0) is 31.0 Å². The van der Waals surface area contributed by atoms with Crippen LogP contribution in [-0.4, -0.2) is 11.9 Å². The van der Waals surface area contributed by atoms with Gasteiger partial charge in [-0.1, -0.05) is 30.1 Å². The average molecular weight is 250 g/mol. The van der Waals surface area contributed by atoms with Crippen LogP contribution >= 0.6 is 0 Å². The summed E-state index contributed by atoms with van der Waals surface area (Å²) in [6, 6.07) is 4.90. The quantitative estimate of drug-likeness (QED) is 0.404. The molecule has 92 valence electrons. The van der Waals surface area contributed by atoms with E-state index < -0.39 is 11.9 Å². The molecule has 1 aromatic rings. The van der Waals surface area contributed by atoms with Gasteiger partial charge >= 0.3 is 11.9 Å².